The molecule has 21 heavy (non-hydrogen) atoms. The summed E-state index contributed by atoms with van der Waals surface area (Å²) < 4.78 is 13.6. The molecule has 0 spiro atoms. The van der Waals surface area contributed by atoms with E-state index in [4.69, 9.17) is 0 Å². The molecule has 1 saturated heterocycles. The van der Waals surface area contributed by atoms with Gasteiger partial charge in [-0.3, -0.25) is 0 Å². The maximum Gasteiger partial charge on any atom is 0.128 e. The second-order valence-corrected chi connectivity index (χ2v) is 6.25. The number of aliphatic hydroxyl groups is 1. The van der Waals surface area contributed by atoms with Crippen molar-refractivity contribution in [3.8, 4) is 0 Å². The van der Waals surface area contributed by atoms with Crippen molar-refractivity contribution in [3.63, 3.8) is 0 Å². The number of hydrogen-bond acceptors (Lipinski definition) is 2. The van der Waals surface area contributed by atoms with E-state index >= 15 is 0 Å². The highest BCUT2D eigenvalue weighted by atomic mass is 19.1. The van der Waals surface area contributed by atoms with Gasteiger partial charge >= 0.3 is 0 Å². The molecule has 1 heterocycles. The Kier molecular flexibility index (Phi) is 6.65. The molecule has 3 heteroatoms. The highest BCUT2D eigenvalue weighted by molar-refractivity contribution is 5.19. The summed E-state index contributed by atoms with van der Waals surface area (Å²) in [6.07, 6.45) is 6.38. The van der Waals surface area contributed by atoms with Gasteiger partial charge in [0, 0.05) is 12.1 Å². The Labute approximate surface area is 128 Å². The Morgan fingerprint density at radius 1 is 1.29 bits per heavy atom. The summed E-state index contributed by atoms with van der Waals surface area (Å²) in [6, 6.07) is 6.54. The smallest absolute Gasteiger partial charge is 0.128 e. The molecule has 0 aromatic heterocycles. The normalized spacial score (nSPS) is 22.0. The van der Waals surface area contributed by atoms with Crippen LogP contribution in [-0.4, -0.2) is 29.6 Å². The summed E-state index contributed by atoms with van der Waals surface area (Å²) >= 11 is 0. The lowest BCUT2D eigenvalue weighted by Crippen LogP contribution is -2.27. The molecular formula is C18H28FNO. The Balaban J connectivity index is 1.79. The number of rotatable bonds is 6. The molecule has 1 aliphatic rings. The van der Waals surface area contributed by atoms with Crippen molar-refractivity contribution in [2.24, 2.45) is 5.92 Å². The van der Waals surface area contributed by atoms with Gasteiger partial charge in [0.05, 0.1) is 6.10 Å². The molecule has 0 aliphatic carbocycles. The van der Waals surface area contributed by atoms with Crippen LogP contribution in [-0.2, 0) is 0 Å². The first-order valence-electron chi connectivity index (χ1n) is 8.35. The van der Waals surface area contributed by atoms with Gasteiger partial charge in [0.1, 0.15) is 5.82 Å². The Bertz CT molecular complexity index is 423. The minimum Gasteiger partial charge on any atom is -0.388 e. The zero-order valence-electron chi connectivity index (χ0n) is 13.1. The topological polar surface area (TPSA) is 23.5 Å². The van der Waals surface area contributed by atoms with Gasteiger partial charge in [0.2, 0.25) is 0 Å². The van der Waals surface area contributed by atoms with Crippen LogP contribution in [0.5, 0.6) is 0 Å². The summed E-state index contributed by atoms with van der Waals surface area (Å²) in [5.74, 6) is 0.570. The average molecular weight is 293 g/mol. The molecular weight excluding hydrogens is 265 g/mol. The van der Waals surface area contributed by atoms with Crippen molar-refractivity contribution in [3.05, 3.63) is 35.6 Å². The zero-order chi connectivity index (χ0) is 15.1. The van der Waals surface area contributed by atoms with Gasteiger partial charge in [-0.25, -0.2) is 4.39 Å². The van der Waals surface area contributed by atoms with E-state index in [0.29, 0.717) is 12.0 Å². The van der Waals surface area contributed by atoms with E-state index < -0.39 is 6.10 Å². The molecule has 2 atom stereocenters. The van der Waals surface area contributed by atoms with Gasteiger partial charge in [-0.1, -0.05) is 38.0 Å². The Morgan fingerprint density at radius 2 is 2.10 bits per heavy atom. The van der Waals surface area contributed by atoms with Crippen molar-refractivity contribution < 1.29 is 9.50 Å². The lowest BCUT2D eigenvalue weighted by Gasteiger charge is -2.22. The van der Waals surface area contributed by atoms with Crippen molar-refractivity contribution in [2.45, 2.75) is 51.6 Å². The van der Waals surface area contributed by atoms with Crippen LogP contribution in [0.25, 0.3) is 0 Å². The molecule has 0 radical (unpaired) electrons. The van der Waals surface area contributed by atoms with Gasteiger partial charge in [0.25, 0.3) is 0 Å². The fourth-order valence-electron chi connectivity index (χ4n) is 3.35. The van der Waals surface area contributed by atoms with Crippen LogP contribution in [0.2, 0.25) is 0 Å². The number of hydrogen-bond donors (Lipinski definition) is 1. The van der Waals surface area contributed by atoms with Gasteiger partial charge < -0.3 is 10.0 Å². The highest BCUT2D eigenvalue weighted by Crippen LogP contribution is 2.24. The largest absolute Gasteiger partial charge is 0.388 e. The summed E-state index contributed by atoms with van der Waals surface area (Å²) in [7, 11) is 0. The number of nitrogens with zero attached hydrogens (tertiary/aromatic N) is 1. The van der Waals surface area contributed by atoms with Gasteiger partial charge in [-0.05, 0) is 50.8 Å². The standard InChI is InChI=1S/C18H28FNO/c1-2-6-15-7-5-12-20(13-10-15)14-11-18(21)16-8-3-4-9-17(16)19/h3-4,8-9,15,18,21H,2,5-7,10-14H2,1H3. The van der Waals surface area contributed by atoms with Gasteiger partial charge in [-0.2, -0.15) is 0 Å². The van der Waals surface area contributed by atoms with E-state index in [2.05, 4.69) is 11.8 Å². The minimum absolute atomic E-state index is 0.302. The van der Waals surface area contributed by atoms with Gasteiger partial charge in [0.15, 0.2) is 0 Å². The number of aliphatic hydroxyl groups excluding tert-OH is 1. The summed E-state index contributed by atoms with van der Waals surface area (Å²) in [4.78, 5) is 2.43. The molecule has 0 bridgehead atoms. The van der Waals surface area contributed by atoms with Crippen molar-refractivity contribution in [1.82, 2.24) is 4.90 Å². The van der Waals surface area contributed by atoms with E-state index in [1.165, 1.54) is 38.2 Å². The summed E-state index contributed by atoms with van der Waals surface area (Å²) in [6.45, 7) is 5.35. The molecule has 2 unspecified atom stereocenters. The summed E-state index contributed by atoms with van der Waals surface area (Å²) in [5.41, 5.74) is 0.427. The third kappa shape index (κ3) is 5.08. The highest BCUT2D eigenvalue weighted by Gasteiger charge is 2.18. The Morgan fingerprint density at radius 3 is 2.86 bits per heavy atom. The fraction of sp³-hybridized carbons (Fsp3) is 0.667. The first-order chi connectivity index (χ1) is 10.2. The number of likely N-dealkylation sites (tertiary alicyclic amines) is 1. The second-order valence-electron chi connectivity index (χ2n) is 6.25. The third-order valence-electron chi connectivity index (χ3n) is 4.62. The average Bonchev–Trinajstić information content (AvgIpc) is 2.71. The van der Waals surface area contributed by atoms with E-state index in [-0.39, 0.29) is 5.82 Å². The van der Waals surface area contributed by atoms with Crippen LogP contribution in [0.15, 0.2) is 24.3 Å². The first-order valence-corrected chi connectivity index (χ1v) is 8.35. The predicted molar refractivity (Wildman–Crippen MR) is 84.7 cm³/mol. The Hall–Kier alpha value is -0.930. The van der Waals surface area contributed by atoms with Gasteiger partial charge in [-0.15, -0.1) is 0 Å². The van der Waals surface area contributed by atoms with Crippen LogP contribution in [0.3, 0.4) is 0 Å². The second kappa shape index (κ2) is 8.50. The van der Waals surface area contributed by atoms with Crippen molar-refractivity contribution >= 4 is 0 Å². The van der Waals surface area contributed by atoms with E-state index in [0.717, 1.165) is 25.6 Å². The molecule has 0 saturated carbocycles. The molecule has 1 aromatic rings. The lowest BCUT2D eigenvalue weighted by molar-refractivity contribution is 0.139. The molecule has 0 amide bonds. The molecule has 1 aromatic carbocycles. The van der Waals surface area contributed by atoms with Crippen LogP contribution in [0.4, 0.5) is 4.39 Å². The van der Waals surface area contributed by atoms with Crippen LogP contribution in [0, 0.1) is 11.7 Å². The molecule has 1 fully saturated rings. The van der Waals surface area contributed by atoms with E-state index in [1.807, 2.05) is 0 Å². The molecule has 1 aliphatic heterocycles. The fourth-order valence-corrected chi connectivity index (χ4v) is 3.35. The molecule has 1 N–H and O–H groups in total. The van der Waals surface area contributed by atoms with Crippen LogP contribution < -0.4 is 0 Å². The third-order valence-corrected chi connectivity index (χ3v) is 4.62. The van der Waals surface area contributed by atoms with Crippen LogP contribution >= 0.6 is 0 Å². The van der Waals surface area contributed by atoms with E-state index in [1.54, 1.807) is 18.2 Å². The molecule has 2 nitrogen and oxygen atoms in total. The number of benzene rings is 1. The number of halogens is 1. The van der Waals surface area contributed by atoms with Crippen LogP contribution in [0.1, 0.15) is 57.1 Å². The quantitative estimate of drug-likeness (QED) is 0.851. The monoisotopic (exact) mass is 293 g/mol. The maximum atomic E-state index is 13.6. The predicted octanol–water partition coefficient (Wildman–Crippen LogP) is 4.15. The first kappa shape index (κ1) is 16.4. The maximum absolute atomic E-state index is 13.6. The zero-order valence-corrected chi connectivity index (χ0v) is 13.1. The summed E-state index contributed by atoms with van der Waals surface area (Å²) in [5, 5.41) is 10.2. The minimum atomic E-state index is -0.694. The molecule has 2 rings (SSSR count). The van der Waals surface area contributed by atoms with Crippen molar-refractivity contribution in [2.75, 3.05) is 19.6 Å². The van der Waals surface area contributed by atoms with Crippen molar-refractivity contribution in [1.29, 1.82) is 0 Å². The molecule has 118 valence electrons. The SMILES string of the molecule is CCCC1CCCN(CCC(O)c2ccccc2F)CC1. The van der Waals surface area contributed by atoms with E-state index in [9.17, 15) is 9.50 Å². The lowest BCUT2D eigenvalue weighted by atomic mass is 9.96.